The van der Waals surface area contributed by atoms with Crippen LogP contribution in [0.15, 0.2) is 48.1 Å². The summed E-state index contributed by atoms with van der Waals surface area (Å²) in [6, 6.07) is 9.73. The Labute approximate surface area is 124 Å². The predicted molar refractivity (Wildman–Crippen MR) is 81.9 cm³/mol. The van der Waals surface area contributed by atoms with Gasteiger partial charge >= 0.3 is 0 Å². The van der Waals surface area contributed by atoms with Gasteiger partial charge in [0.05, 0.1) is 5.69 Å². The molecule has 3 aromatic rings. The molecule has 0 unspecified atom stereocenters. The van der Waals surface area contributed by atoms with Gasteiger partial charge in [-0.15, -0.1) is 11.3 Å². The number of aromatic nitrogens is 3. The number of nitrogens with one attached hydrogen (secondary N) is 1. The molecule has 3 N–H and O–H groups in total. The molecule has 2 heterocycles. The third kappa shape index (κ3) is 2.87. The highest BCUT2D eigenvalue weighted by Crippen LogP contribution is 2.24. The summed E-state index contributed by atoms with van der Waals surface area (Å²) in [6.07, 6.45) is 2.85. The van der Waals surface area contributed by atoms with E-state index in [2.05, 4.69) is 20.3 Å². The fourth-order valence-electron chi connectivity index (χ4n) is 1.75. The number of hydrogen-bond acceptors (Lipinski definition) is 6. The summed E-state index contributed by atoms with van der Waals surface area (Å²) >= 11 is 1.34. The van der Waals surface area contributed by atoms with E-state index in [9.17, 15) is 4.79 Å². The maximum absolute atomic E-state index is 12.1. The van der Waals surface area contributed by atoms with E-state index in [-0.39, 0.29) is 11.5 Å². The molecule has 1 aromatic carbocycles. The second-order valence-electron chi connectivity index (χ2n) is 4.15. The lowest BCUT2D eigenvalue weighted by atomic mass is 10.2. The Bertz CT molecular complexity index is 772. The van der Waals surface area contributed by atoms with Crippen LogP contribution in [0.3, 0.4) is 0 Å². The van der Waals surface area contributed by atoms with Crippen molar-refractivity contribution in [3.05, 3.63) is 53.8 Å². The number of amides is 1. The normalized spacial score (nSPS) is 10.3. The number of nitrogens with two attached hydrogens (primary N) is 1. The zero-order valence-electron chi connectivity index (χ0n) is 10.9. The van der Waals surface area contributed by atoms with E-state index in [1.165, 1.54) is 23.7 Å². The van der Waals surface area contributed by atoms with Crippen molar-refractivity contribution in [1.82, 2.24) is 15.0 Å². The van der Waals surface area contributed by atoms with Crippen molar-refractivity contribution in [2.24, 2.45) is 0 Å². The van der Waals surface area contributed by atoms with E-state index in [0.717, 1.165) is 11.3 Å². The van der Waals surface area contributed by atoms with Crippen LogP contribution >= 0.6 is 11.3 Å². The summed E-state index contributed by atoms with van der Waals surface area (Å²) in [4.78, 5) is 24.2. The first kappa shape index (κ1) is 13.2. The lowest BCUT2D eigenvalue weighted by Crippen LogP contribution is -2.16. The number of carbonyl (C=O) groups is 1. The standard InChI is InChI=1S/C14H11N5OS/c15-12-11(16-6-7-17-12)13(20)19-14-18-10(8-21-14)9-4-2-1-3-5-9/h1-8H,(H2,15,17)(H,18,19,20). The van der Waals surface area contributed by atoms with Gasteiger partial charge in [-0.3, -0.25) is 10.1 Å². The average molecular weight is 297 g/mol. The molecule has 0 bridgehead atoms. The lowest BCUT2D eigenvalue weighted by Gasteiger charge is -2.02. The fraction of sp³-hybridized carbons (Fsp3) is 0. The lowest BCUT2D eigenvalue weighted by molar-refractivity contribution is 0.102. The molecule has 0 fully saturated rings. The number of nitrogen functional groups attached to an aromatic ring is 1. The van der Waals surface area contributed by atoms with E-state index >= 15 is 0 Å². The predicted octanol–water partition coefficient (Wildman–Crippen LogP) is 2.43. The Morgan fingerprint density at radius 2 is 1.90 bits per heavy atom. The van der Waals surface area contributed by atoms with Gasteiger partial charge in [0.25, 0.3) is 5.91 Å². The van der Waals surface area contributed by atoms with Crippen molar-refractivity contribution in [3.8, 4) is 11.3 Å². The fourth-order valence-corrected chi connectivity index (χ4v) is 2.47. The molecule has 21 heavy (non-hydrogen) atoms. The van der Waals surface area contributed by atoms with E-state index in [1.54, 1.807) is 0 Å². The molecule has 0 saturated heterocycles. The van der Waals surface area contributed by atoms with Gasteiger partial charge in [0.15, 0.2) is 16.6 Å². The zero-order chi connectivity index (χ0) is 14.7. The van der Waals surface area contributed by atoms with Gasteiger partial charge in [0.1, 0.15) is 0 Å². The summed E-state index contributed by atoms with van der Waals surface area (Å²) in [5, 5.41) is 5.04. The van der Waals surface area contributed by atoms with Crippen molar-refractivity contribution in [2.45, 2.75) is 0 Å². The number of hydrogen-bond donors (Lipinski definition) is 2. The first-order valence-corrected chi connectivity index (χ1v) is 7.01. The number of rotatable bonds is 3. The van der Waals surface area contributed by atoms with Crippen molar-refractivity contribution < 1.29 is 4.79 Å². The van der Waals surface area contributed by atoms with Crippen LogP contribution in [-0.2, 0) is 0 Å². The van der Waals surface area contributed by atoms with E-state index in [0.29, 0.717) is 5.13 Å². The molecule has 3 rings (SSSR count). The number of thiazole rings is 1. The maximum Gasteiger partial charge on any atom is 0.279 e. The Hall–Kier alpha value is -2.80. The molecule has 6 nitrogen and oxygen atoms in total. The van der Waals surface area contributed by atoms with Gasteiger partial charge in [-0.05, 0) is 0 Å². The number of nitrogens with zero attached hydrogens (tertiary/aromatic N) is 3. The van der Waals surface area contributed by atoms with Crippen LogP contribution in [-0.4, -0.2) is 20.9 Å². The monoisotopic (exact) mass is 297 g/mol. The third-order valence-electron chi connectivity index (χ3n) is 2.74. The number of carbonyl (C=O) groups excluding carboxylic acids is 1. The smallest absolute Gasteiger partial charge is 0.279 e. The van der Waals surface area contributed by atoms with Crippen LogP contribution in [0.4, 0.5) is 10.9 Å². The maximum atomic E-state index is 12.1. The Kier molecular flexibility index (Phi) is 3.57. The van der Waals surface area contributed by atoms with Crippen molar-refractivity contribution in [1.29, 1.82) is 0 Å². The zero-order valence-corrected chi connectivity index (χ0v) is 11.7. The summed E-state index contributed by atoms with van der Waals surface area (Å²) in [5.74, 6) is -0.329. The number of anilines is 2. The molecular weight excluding hydrogens is 286 g/mol. The second-order valence-corrected chi connectivity index (χ2v) is 5.01. The number of benzene rings is 1. The van der Waals surface area contributed by atoms with E-state index < -0.39 is 5.91 Å². The van der Waals surface area contributed by atoms with Gasteiger partial charge in [0, 0.05) is 23.3 Å². The van der Waals surface area contributed by atoms with Crippen LogP contribution < -0.4 is 11.1 Å². The van der Waals surface area contributed by atoms with Crippen molar-refractivity contribution in [3.63, 3.8) is 0 Å². The highest BCUT2D eigenvalue weighted by atomic mass is 32.1. The average Bonchev–Trinajstić information content (AvgIpc) is 2.97. The Balaban J connectivity index is 1.79. The largest absolute Gasteiger partial charge is 0.382 e. The van der Waals surface area contributed by atoms with Crippen LogP contribution in [0.5, 0.6) is 0 Å². The Morgan fingerprint density at radius 1 is 1.14 bits per heavy atom. The quantitative estimate of drug-likeness (QED) is 0.774. The molecule has 1 amide bonds. The molecule has 0 aliphatic heterocycles. The highest BCUT2D eigenvalue weighted by Gasteiger charge is 2.14. The summed E-state index contributed by atoms with van der Waals surface area (Å²) in [7, 11) is 0. The van der Waals surface area contributed by atoms with Gasteiger partial charge in [-0.25, -0.2) is 15.0 Å². The Morgan fingerprint density at radius 3 is 2.67 bits per heavy atom. The molecule has 2 aromatic heterocycles. The first-order valence-electron chi connectivity index (χ1n) is 6.13. The SMILES string of the molecule is Nc1nccnc1C(=O)Nc1nc(-c2ccccc2)cs1. The topological polar surface area (TPSA) is 93.8 Å². The minimum atomic E-state index is -0.422. The molecular formula is C14H11N5OS. The van der Waals surface area contributed by atoms with Gasteiger partial charge < -0.3 is 5.73 Å². The van der Waals surface area contributed by atoms with Gasteiger partial charge in [-0.1, -0.05) is 30.3 Å². The van der Waals surface area contributed by atoms with Crippen LogP contribution in [0.1, 0.15) is 10.5 Å². The molecule has 7 heteroatoms. The molecule has 0 aliphatic carbocycles. The molecule has 0 spiro atoms. The second kappa shape index (κ2) is 5.68. The van der Waals surface area contributed by atoms with Crippen molar-refractivity contribution >= 4 is 28.2 Å². The molecule has 0 radical (unpaired) electrons. The molecule has 0 atom stereocenters. The molecule has 104 valence electrons. The van der Waals surface area contributed by atoms with E-state index in [1.807, 2.05) is 35.7 Å². The summed E-state index contributed by atoms with van der Waals surface area (Å²) in [6.45, 7) is 0. The summed E-state index contributed by atoms with van der Waals surface area (Å²) < 4.78 is 0. The minimum absolute atomic E-state index is 0.0916. The summed E-state index contributed by atoms with van der Waals surface area (Å²) in [5.41, 5.74) is 7.51. The molecule has 0 aliphatic rings. The third-order valence-corrected chi connectivity index (χ3v) is 3.49. The van der Waals surface area contributed by atoms with Crippen molar-refractivity contribution in [2.75, 3.05) is 11.1 Å². The van der Waals surface area contributed by atoms with Gasteiger partial charge in [0.2, 0.25) is 0 Å². The molecule has 0 saturated carbocycles. The van der Waals surface area contributed by atoms with Crippen LogP contribution in [0.25, 0.3) is 11.3 Å². The van der Waals surface area contributed by atoms with Gasteiger partial charge in [-0.2, -0.15) is 0 Å². The van der Waals surface area contributed by atoms with E-state index in [4.69, 9.17) is 5.73 Å². The first-order chi connectivity index (χ1) is 10.2. The minimum Gasteiger partial charge on any atom is -0.382 e. The van der Waals surface area contributed by atoms with Crippen LogP contribution in [0, 0.1) is 0 Å². The van der Waals surface area contributed by atoms with Crippen LogP contribution in [0.2, 0.25) is 0 Å². The highest BCUT2D eigenvalue weighted by molar-refractivity contribution is 7.14.